The van der Waals surface area contributed by atoms with Gasteiger partial charge in [-0.2, -0.15) is 5.26 Å². The Morgan fingerprint density at radius 2 is 2.13 bits per heavy atom. The van der Waals surface area contributed by atoms with Crippen molar-refractivity contribution in [3.63, 3.8) is 0 Å². The molecule has 0 heterocycles. The van der Waals surface area contributed by atoms with Crippen LogP contribution in [0.2, 0.25) is 0 Å². The number of rotatable bonds is 3. The largest absolute Gasteiger partial charge is 0.478 e. The summed E-state index contributed by atoms with van der Waals surface area (Å²) in [6.45, 7) is 1.68. The van der Waals surface area contributed by atoms with Crippen molar-refractivity contribution < 1.29 is 15.0 Å². The van der Waals surface area contributed by atoms with E-state index < -0.39 is 5.97 Å². The molecule has 0 atom stereocenters. The molecule has 78 valence electrons. The van der Waals surface area contributed by atoms with E-state index in [1.807, 2.05) is 13.0 Å². The Kier molecular flexibility index (Phi) is 3.42. The molecule has 0 spiro atoms. The van der Waals surface area contributed by atoms with Crippen LogP contribution in [0.1, 0.15) is 34.0 Å². The van der Waals surface area contributed by atoms with Crippen LogP contribution >= 0.6 is 0 Å². The zero-order chi connectivity index (χ0) is 11.4. The van der Waals surface area contributed by atoms with Crippen LogP contribution in [0.15, 0.2) is 12.1 Å². The molecule has 0 saturated carbocycles. The number of aliphatic hydroxyl groups excluding tert-OH is 1. The molecule has 4 heteroatoms. The summed E-state index contributed by atoms with van der Waals surface area (Å²) in [5.74, 6) is -1.12. The van der Waals surface area contributed by atoms with E-state index in [0.29, 0.717) is 12.0 Å². The molecular weight excluding hydrogens is 194 g/mol. The summed E-state index contributed by atoms with van der Waals surface area (Å²) in [6.07, 6.45) is 0.627. The van der Waals surface area contributed by atoms with Crippen LogP contribution in [-0.4, -0.2) is 16.2 Å². The predicted molar refractivity (Wildman–Crippen MR) is 53.4 cm³/mol. The highest BCUT2D eigenvalue weighted by Crippen LogP contribution is 2.17. The zero-order valence-electron chi connectivity index (χ0n) is 8.32. The van der Waals surface area contributed by atoms with Crippen molar-refractivity contribution in [2.45, 2.75) is 20.0 Å². The number of nitriles is 1. The molecule has 0 saturated heterocycles. The maximum absolute atomic E-state index is 10.8. The number of aryl methyl sites for hydroxylation is 1. The van der Waals surface area contributed by atoms with Crippen molar-refractivity contribution in [3.8, 4) is 6.07 Å². The fourth-order valence-electron chi connectivity index (χ4n) is 1.44. The Labute approximate surface area is 87.4 Å². The number of benzene rings is 1. The van der Waals surface area contributed by atoms with Gasteiger partial charge in [0.1, 0.15) is 6.07 Å². The first-order chi connectivity index (χ1) is 7.13. The number of hydrogen-bond acceptors (Lipinski definition) is 3. The van der Waals surface area contributed by atoms with E-state index in [1.165, 1.54) is 12.1 Å². The Morgan fingerprint density at radius 1 is 1.47 bits per heavy atom. The van der Waals surface area contributed by atoms with E-state index in [-0.39, 0.29) is 17.7 Å². The molecule has 0 unspecified atom stereocenters. The number of nitrogens with zero attached hydrogens (tertiary/aromatic N) is 1. The Bertz CT molecular complexity index is 432. The first kappa shape index (κ1) is 11.2. The van der Waals surface area contributed by atoms with Crippen LogP contribution in [0.4, 0.5) is 0 Å². The number of aliphatic hydroxyl groups is 1. The third kappa shape index (κ3) is 2.14. The lowest BCUT2D eigenvalue weighted by molar-refractivity contribution is 0.0696. The van der Waals surface area contributed by atoms with Crippen molar-refractivity contribution in [3.05, 3.63) is 34.4 Å². The van der Waals surface area contributed by atoms with Gasteiger partial charge in [-0.25, -0.2) is 4.79 Å². The van der Waals surface area contributed by atoms with E-state index in [4.69, 9.17) is 15.5 Å². The lowest BCUT2D eigenvalue weighted by Crippen LogP contribution is -2.04. The quantitative estimate of drug-likeness (QED) is 0.779. The van der Waals surface area contributed by atoms with Gasteiger partial charge in [-0.1, -0.05) is 6.92 Å². The van der Waals surface area contributed by atoms with Gasteiger partial charge in [0, 0.05) is 0 Å². The topological polar surface area (TPSA) is 81.3 Å². The molecule has 0 aromatic heterocycles. The lowest BCUT2D eigenvalue weighted by Gasteiger charge is -2.07. The Morgan fingerprint density at radius 3 is 2.53 bits per heavy atom. The molecule has 0 aliphatic rings. The SMILES string of the molecule is CCc1cc(C(=O)O)c(C#N)cc1CO. The Balaban J connectivity index is 3.42. The van der Waals surface area contributed by atoms with Gasteiger partial charge in [-0.15, -0.1) is 0 Å². The molecule has 4 nitrogen and oxygen atoms in total. The second-order valence-corrected chi connectivity index (χ2v) is 3.10. The van der Waals surface area contributed by atoms with Gasteiger partial charge in [-0.3, -0.25) is 0 Å². The van der Waals surface area contributed by atoms with Crippen LogP contribution in [0, 0.1) is 11.3 Å². The zero-order valence-corrected chi connectivity index (χ0v) is 8.32. The predicted octanol–water partition coefficient (Wildman–Crippen LogP) is 1.31. The summed E-state index contributed by atoms with van der Waals surface area (Å²) < 4.78 is 0. The highest BCUT2D eigenvalue weighted by molar-refractivity contribution is 5.91. The van der Waals surface area contributed by atoms with Gasteiger partial charge >= 0.3 is 5.97 Å². The normalized spacial score (nSPS) is 9.67. The molecular formula is C11H11NO3. The summed E-state index contributed by atoms with van der Waals surface area (Å²) >= 11 is 0. The van der Waals surface area contributed by atoms with Gasteiger partial charge < -0.3 is 10.2 Å². The van der Waals surface area contributed by atoms with E-state index >= 15 is 0 Å². The average Bonchev–Trinajstić information content (AvgIpc) is 2.26. The minimum Gasteiger partial charge on any atom is -0.478 e. The second kappa shape index (κ2) is 4.58. The van der Waals surface area contributed by atoms with Crippen LogP contribution in [0.25, 0.3) is 0 Å². The first-order valence-corrected chi connectivity index (χ1v) is 4.54. The van der Waals surface area contributed by atoms with Crippen molar-refractivity contribution in [1.29, 1.82) is 5.26 Å². The second-order valence-electron chi connectivity index (χ2n) is 3.10. The highest BCUT2D eigenvalue weighted by atomic mass is 16.4. The van der Waals surface area contributed by atoms with Crippen LogP contribution < -0.4 is 0 Å². The number of carboxylic acid groups (broad SMARTS) is 1. The number of carboxylic acids is 1. The standard InChI is InChI=1S/C11H11NO3/c1-2-7-4-10(11(14)15)8(5-12)3-9(7)6-13/h3-4,13H,2,6H2,1H3,(H,14,15). The third-order valence-corrected chi connectivity index (χ3v) is 2.24. The molecule has 0 fully saturated rings. The molecule has 1 rings (SSSR count). The molecule has 1 aromatic carbocycles. The summed E-state index contributed by atoms with van der Waals surface area (Å²) in [7, 11) is 0. The summed E-state index contributed by atoms with van der Waals surface area (Å²) in [5, 5.41) is 26.7. The van der Waals surface area contributed by atoms with Crippen molar-refractivity contribution >= 4 is 5.97 Å². The number of carbonyl (C=O) groups is 1. The fraction of sp³-hybridized carbons (Fsp3) is 0.273. The van der Waals surface area contributed by atoms with Crippen LogP contribution in [0.5, 0.6) is 0 Å². The highest BCUT2D eigenvalue weighted by Gasteiger charge is 2.13. The van der Waals surface area contributed by atoms with Crippen LogP contribution in [0.3, 0.4) is 0 Å². The van der Waals surface area contributed by atoms with Crippen molar-refractivity contribution in [2.24, 2.45) is 0 Å². The maximum Gasteiger partial charge on any atom is 0.337 e. The average molecular weight is 205 g/mol. The molecule has 0 bridgehead atoms. The van der Waals surface area contributed by atoms with Gasteiger partial charge in [-0.05, 0) is 29.7 Å². The van der Waals surface area contributed by atoms with Gasteiger partial charge in [0.2, 0.25) is 0 Å². The minimum atomic E-state index is -1.12. The summed E-state index contributed by atoms with van der Waals surface area (Å²) in [6, 6.07) is 4.69. The molecule has 0 radical (unpaired) electrons. The molecule has 0 amide bonds. The van der Waals surface area contributed by atoms with E-state index in [0.717, 1.165) is 5.56 Å². The minimum absolute atomic E-state index is 0.00782. The van der Waals surface area contributed by atoms with Gasteiger partial charge in [0.25, 0.3) is 0 Å². The molecule has 15 heavy (non-hydrogen) atoms. The molecule has 0 aliphatic heterocycles. The van der Waals surface area contributed by atoms with Crippen LogP contribution in [-0.2, 0) is 13.0 Å². The fourth-order valence-corrected chi connectivity index (χ4v) is 1.44. The third-order valence-electron chi connectivity index (χ3n) is 2.24. The monoisotopic (exact) mass is 205 g/mol. The van der Waals surface area contributed by atoms with E-state index in [1.54, 1.807) is 0 Å². The summed E-state index contributed by atoms with van der Waals surface area (Å²) in [4.78, 5) is 10.8. The smallest absolute Gasteiger partial charge is 0.337 e. The molecule has 2 N–H and O–H groups in total. The van der Waals surface area contributed by atoms with Gasteiger partial charge in [0.05, 0.1) is 17.7 Å². The summed E-state index contributed by atoms with van der Waals surface area (Å²) in [5.41, 5.74) is 1.45. The lowest BCUT2D eigenvalue weighted by atomic mass is 9.98. The van der Waals surface area contributed by atoms with Crippen molar-refractivity contribution in [1.82, 2.24) is 0 Å². The van der Waals surface area contributed by atoms with Gasteiger partial charge in [0.15, 0.2) is 0 Å². The van der Waals surface area contributed by atoms with Crippen molar-refractivity contribution in [2.75, 3.05) is 0 Å². The van der Waals surface area contributed by atoms with E-state index in [2.05, 4.69) is 0 Å². The van der Waals surface area contributed by atoms with E-state index in [9.17, 15) is 4.79 Å². The maximum atomic E-state index is 10.8. The number of hydrogen-bond donors (Lipinski definition) is 2. The Hall–Kier alpha value is -1.86. The molecule has 0 aliphatic carbocycles. The number of aromatic carboxylic acids is 1. The first-order valence-electron chi connectivity index (χ1n) is 4.54. The molecule has 1 aromatic rings.